The van der Waals surface area contributed by atoms with E-state index < -0.39 is 17.5 Å². The van der Waals surface area contributed by atoms with Gasteiger partial charge in [0.25, 0.3) is 0 Å². The van der Waals surface area contributed by atoms with E-state index in [-0.39, 0.29) is 24.5 Å². The van der Waals surface area contributed by atoms with Gasteiger partial charge in [-0.25, -0.2) is 8.78 Å². The minimum absolute atomic E-state index is 0.106. The van der Waals surface area contributed by atoms with Gasteiger partial charge in [-0.3, -0.25) is 9.69 Å². The fourth-order valence-electron chi connectivity index (χ4n) is 2.66. The number of anilines is 1. The van der Waals surface area contributed by atoms with Gasteiger partial charge in [-0.1, -0.05) is 18.2 Å². The van der Waals surface area contributed by atoms with Gasteiger partial charge in [0.15, 0.2) is 0 Å². The highest BCUT2D eigenvalue weighted by Crippen LogP contribution is 2.20. The highest BCUT2D eigenvalue weighted by Gasteiger charge is 2.16. The van der Waals surface area contributed by atoms with Gasteiger partial charge in [-0.2, -0.15) is 0 Å². The van der Waals surface area contributed by atoms with E-state index in [9.17, 15) is 18.7 Å². The molecular weight excluding hydrogens is 354 g/mol. The molecule has 1 heterocycles. The van der Waals surface area contributed by atoms with Gasteiger partial charge in [0.1, 0.15) is 23.1 Å². The first-order chi connectivity index (χ1) is 13.0. The summed E-state index contributed by atoms with van der Waals surface area (Å²) in [5.74, 6) is -1.13. The van der Waals surface area contributed by atoms with Gasteiger partial charge < -0.3 is 14.8 Å². The molecule has 3 aromatic rings. The van der Waals surface area contributed by atoms with Crippen molar-refractivity contribution in [2.75, 3.05) is 11.9 Å². The lowest BCUT2D eigenvalue weighted by Crippen LogP contribution is -2.32. The van der Waals surface area contributed by atoms with Gasteiger partial charge in [0.2, 0.25) is 5.91 Å². The van der Waals surface area contributed by atoms with Crippen LogP contribution in [0, 0.1) is 11.6 Å². The molecule has 1 aromatic heterocycles. The molecule has 2 aromatic carbocycles. The number of nitrogens with zero attached hydrogens (tertiary/aromatic N) is 1. The number of furan rings is 1. The third-order valence-electron chi connectivity index (χ3n) is 3.91. The lowest BCUT2D eigenvalue weighted by Gasteiger charge is -2.21. The van der Waals surface area contributed by atoms with E-state index in [0.29, 0.717) is 17.9 Å². The van der Waals surface area contributed by atoms with E-state index in [0.717, 1.165) is 18.2 Å². The molecule has 0 spiro atoms. The van der Waals surface area contributed by atoms with Crippen LogP contribution < -0.4 is 5.32 Å². The normalized spacial score (nSPS) is 10.9. The number of hydrogen-bond donors (Lipinski definition) is 2. The summed E-state index contributed by atoms with van der Waals surface area (Å²) in [4.78, 5) is 14.1. The molecule has 0 unspecified atom stereocenters. The van der Waals surface area contributed by atoms with Crippen molar-refractivity contribution in [3.8, 4) is 5.75 Å². The molecule has 0 bridgehead atoms. The zero-order valence-electron chi connectivity index (χ0n) is 14.4. The predicted octanol–water partition coefficient (Wildman–Crippen LogP) is 3.90. The number of hydrogen-bond acceptors (Lipinski definition) is 4. The topological polar surface area (TPSA) is 65.7 Å². The molecule has 27 heavy (non-hydrogen) atoms. The number of phenols is 1. The van der Waals surface area contributed by atoms with Crippen LogP contribution >= 0.6 is 0 Å². The summed E-state index contributed by atoms with van der Waals surface area (Å²) in [6.45, 7) is 0.470. The molecule has 0 aliphatic heterocycles. The summed E-state index contributed by atoms with van der Waals surface area (Å²) in [6, 6.07) is 13.1. The molecule has 0 saturated carbocycles. The van der Waals surface area contributed by atoms with Crippen LogP contribution in [0.5, 0.6) is 5.75 Å². The highest BCUT2D eigenvalue weighted by molar-refractivity contribution is 5.92. The molecule has 1 amide bonds. The van der Waals surface area contributed by atoms with Crippen LogP contribution in [0.3, 0.4) is 0 Å². The second-order valence-electron chi connectivity index (χ2n) is 6.03. The van der Waals surface area contributed by atoms with Crippen molar-refractivity contribution in [1.29, 1.82) is 0 Å². The Kier molecular flexibility index (Phi) is 5.83. The number of para-hydroxylation sites is 1. The van der Waals surface area contributed by atoms with Crippen LogP contribution in [0.15, 0.2) is 65.3 Å². The predicted molar refractivity (Wildman–Crippen MR) is 95.9 cm³/mol. The Morgan fingerprint density at radius 2 is 1.89 bits per heavy atom. The number of rotatable bonds is 7. The van der Waals surface area contributed by atoms with E-state index in [1.807, 2.05) is 0 Å². The number of phenolic OH excluding ortho intramolecular Hbond substituents is 1. The lowest BCUT2D eigenvalue weighted by atomic mass is 10.2. The molecule has 0 saturated heterocycles. The first kappa shape index (κ1) is 18.6. The maximum Gasteiger partial charge on any atom is 0.238 e. The van der Waals surface area contributed by atoms with Crippen LogP contribution in [-0.4, -0.2) is 22.5 Å². The fourth-order valence-corrected chi connectivity index (χ4v) is 2.66. The molecule has 0 radical (unpaired) electrons. The molecule has 140 valence electrons. The summed E-state index contributed by atoms with van der Waals surface area (Å²) in [7, 11) is 0. The van der Waals surface area contributed by atoms with Gasteiger partial charge in [0.05, 0.1) is 25.0 Å². The molecule has 0 atom stereocenters. The van der Waals surface area contributed by atoms with Gasteiger partial charge in [-0.15, -0.1) is 0 Å². The molecule has 0 aliphatic rings. The van der Waals surface area contributed by atoms with Crippen molar-refractivity contribution in [3.63, 3.8) is 0 Å². The monoisotopic (exact) mass is 372 g/mol. The van der Waals surface area contributed by atoms with E-state index in [2.05, 4.69) is 5.32 Å². The summed E-state index contributed by atoms with van der Waals surface area (Å²) in [5.41, 5.74) is 0.411. The van der Waals surface area contributed by atoms with Crippen molar-refractivity contribution >= 4 is 11.6 Å². The van der Waals surface area contributed by atoms with Crippen molar-refractivity contribution in [1.82, 2.24) is 4.90 Å². The quantitative estimate of drug-likeness (QED) is 0.660. The third-order valence-corrected chi connectivity index (χ3v) is 3.91. The minimum Gasteiger partial charge on any atom is -0.508 e. The third kappa shape index (κ3) is 5.15. The molecule has 0 fully saturated rings. The van der Waals surface area contributed by atoms with Crippen LogP contribution in [0.25, 0.3) is 0 Å². The molecule has 5 nitrogen and oxygen atoms in total. The number of aromatic hydroxyl groups is 1. The number of nitrogens with one attached hydrogen (secondary N) is 1. The largest absolute Gasteiger partial charge is 0.508 e. The second kappa shape index (κ2) is 8.46. The number of amides is 1. The minimum atomic E-state index is -0.719. The number of carbonyl (C=O) groups excluding carboxylic acids is 1. The second-order valence-corrected chi connectivity index (χ2v) is 6.03. The van der Waals surface area contributed by atoms with E-state index in [1.54, 1.807) is 41.3 Å². The zero-order chi connectivity index (χ0) is 19.2. The van der Waals surface area contributed by atoms with Crippen LogP contribution in [0.2, 0.25) is 0 Å². The maximum atomic E-state index is 13.7. The average molecular weight is 372 g/mol. The Bertz CT molecular complexity index is 913. The SMILES string of the molecule is O=C(CN(Cc1ccco1)Cc1ccccc1O)Nc1cc(F)ccc1F. The van der Waals surface area contributed by atoms with Gasteiger partial charge in [-0.05, 0) is 30.3 Å². The van der Waals surface area contributed by atoms with Gasteiger partial charge in [0, 0.05) is 18.2 Å². The van der Waals surface area contributed by atoms with E-state index in [1.165, 1.54) is 6.26 Å². The Hall–Kier alpha value is -3.19. The fraction of sp³-hybridized carbons (Fsp3) is 0.150. The standard InChI is InChI=1S/C20H18F2N2O3/c21-15-7-8-17(22)18(10-15)23-20(26)13-24(12-16-5-3-9-27-16)11-14-4-1-2-6-19(14)25/h1-10,25H,11-13H2,(H,23,26). The maximum absolute atomic E-state index is 13.7. The van der Waals surface area contributed by atoms with Crippen molar-refractivity contribution in [2.45, 2.75) is 13.1 Å². The van der Waals surface area contributed by atoms with E-state index >= 15 is 0 Å². The van der Waals surface area contributed by atoms with E-state index in [4.69, 9.17) is 4.42 Å². The van der Waals surface area contributed by atoms with Crippen LogP contribution in [-0.2, 0) is 17.9 Å². The van der Waals surface area contributed by atoms with Crippen molar-refractivity contribution in [2.24, 2.45) is 0 Å². The Morgan fingerprint density at radius 1 is 1.07 bits per heavy atom. The summed E-state index contributed by atoms with van der Waals surface area (Å²) in [5, 5.41) is 12.4. The number of halogens is 2. The van der Waals surface area contributed by atoms with Crippen molar-refractivity contribution < 1.29 is 23.1 Å². The van der Waals surface area contributed by atoms with Crippen LogP contribution in [0.4, 0.5) is 14.5 Å². The number of carbonyl (C=O) groups is 1. The average Bonchev–Trinajstić information content (AvgIpc) is 3.13. The smallest absolute Gasteiger partial charge is 0.238 e. The summed E-state index contributed by atoms with van der Waals surface area (Å²) in [6.07, 6.45) is 1.52. The molecule has 7 heteroatoms. The Morgan fingerprint density at radius 3 is 2.63 bits per heavy atom. The van der Waals surface area contributed by atoms with Crippen molar-refractivity contribution in [3.05, 3.63) is 83.8 Å². The molecule has 2 N–H and O–H groups in total. The molecule has 0 aliphatic carbocycles. The Labute approximate surface area is 154 Å². The summed E-state index contributed by atoms with van der Waals surface area (Å²) < 4.78 is 32.3. The number of benzene rings is 2. The first-order valence-electron chi connectivity index (χ1n) is 8.28. The molecular formula is C20H18F2N2O3. The lowest BCUT2D eigenvalue weighted by molar-refractivity contribution is -0.117. The highest BCUT2D eigenvalue weighted by atomic mass is 19.1. The Balaban J connectivity index is 1.73. The first-order valence-corrected chi connectivity index (χ1v) is 8.28. The summed E-state index contributed by atoms with van der Waals surface area (Å²) >= 11 is 0. The van der Waals surface area contributed by atoms with Gasteiger partial charge >= 0.3 is 0 Å². The zero-order valence-corrected chi connectivity index (χ0v) is 14.4. The molecule has 3 rings (SSSR count). The van der Waals surface area contributed by atoms with Crippen LogP contribution in [0.1, 0.15) is 11.3 Å².